The number of non-ortho nitro benzene ring substituents is 1. The largest absolute Gasteiger partial charge is 0.313 e. The molecule has 0 aromatic heterocycles. The smallest absolute Gasteiger partial charge is 0.272 e. The summed E-state index contributed by atoms with van der Waals surface area (Å²) >= 11 is 0. The summed E-state index contributed by atoms with van der Waals surface area (Å²) < 4.78 is 23.9. The van der Waals surface area contributed by atoms with Gasteiger partial charge < -0.3 is 5.32 Å². The Kier molecular flexibility index (Phi) is 5.87. The van der Waals surface area contributed by atoms with Crippen molar-refractivity contribution in [3.63, 3.8) is 0 Å². The van der Waals surface area contributed by atoms with Gasteiger partial charge in [-0.2, -0.15) is 0 Å². The molecule has 18 heavy (non-hydrogen) atoms. The van der Waals surface area contributed by atoms with Crippen molar-refractivity contribution < 1.29 is 13.5 Å². The molecule has 1 rings (SSSR count). The van der Waals surface area contributed by atoms with Gasteiger partial charge in [-0.1, -0.05) is 0 Å². The van der Waals surface area contributed by atoms with Crippen molar-refractivity contribution in [2.24, 2.45) is 0 Å². The van der Waals surface area contributed by atoms with E-state index in [9.17, 15) is 18.7 Å². The van der Waals surface area contributed by atoms with Gasteiger partial charge in [-0.05, 0) is 24.6 Å². The second kappa shape index (κ2) is 7.17. The molecular weight excluding hydrogens is 259 g/mol. The van der Waals surface area contributed by atoms with E-state index in [2.05, 4.69) is 5.32 Å². The summed E-state index contributed by atoms with van der Waals surface area (Å²) in [5.41, 5.74) is 0.279. The lowest BCUT2D eigenvalue weighted by Crippen LogP contribution is -2.16. The van der Waals surface area contributed by atoms with Crippen molar-refractivity contribution in [1.82, 2.24) is 5.32 Å². The summed E-state index contributed by atoms with van der Waals surface area (Å²) in [5, 5.41) is 13.6. The molecule has 0 spiro atoms. The molecule has 1 aromatic carbocycles. The highest BCUT2D eigenvalue weighted by atomic mass is 32.2. The number of nitrogens with one attached hydrogen (secondary N) is 1. The number of nitro benzene ring substituents is 1. The lowest BCUT2D eigenvalue weighted by atomic mass is 10.2. The van der Waals surface area contributed by atoms with Crippen molar-refractivity contribution in [1.29, 1.82) is 0 Å². The van der Waals surface area contributed by atoms with E-state index in [-0.39, 0.29) is 5.69 Å². The Bertz CT molecular complexity index is 454. The fraction of sp³-hybridized carbons (Fsp3) is 0.455. The highest BCUT2D eigenvalue weighted by molar-refractivity contribution is 7.84. The number of nitro groups is 1. The SMILES string of the molecule is CS(=O)CCCNCc1cc(F)cc([N+](=O)[O-])c1. The van der Waals surface area contributed by atoms with Crippen LogP contribution in [0.2, 0.25) is 0 Å². The molecule has 0 radical (unpaired) electrons. The Labute approximate surface area is 107 Å². The van der Waals surface area contributed by atoms with Gasteiger partial charge in [0.25, 0.3) is 5.69 Å². The molecule has 0 aliphatic heterocycles. The Morgan fingerprint density at radius 3 is 2.78 bits per heavy atom. The van der Waals surface area contributed by atoms with E-state index in [4.69, 9.17) is 0 Å². The maximum Gasteiger partial charge on any atom is 0.272 e. The summed E-state index contributed by atoms with van der Waals surface area (Å²) in [5.74, 6) is -0.00769. The quantitative estimate of drug-likeness (QED) is 0.465. The van der Waals surface area contributed by atoms with Crippen molar-refractivity contribution in [2.75, 3.05) is 18.6 Å². The topological polar surface area (TPSA) is 72.2 Å². The van der Waals surface area contributed by atoms with Crippen LogP contribution in [0, 0.1) is 15.9 Å². The van der Waals surface area contributed by atoms with Gasteiger partial charge in [0, 0.05) is 35.4 Å². The van der Waals surface area contributed by atoms with E-state index >= 15 is 0 Å². The monoisotopic (exact) mass is 274 g/mol. The Morgan fingerprint density at radius 2 is 2.17 bits per heavy atom. The van der Waals surface area contributed by atoms with E-state index in [0.717, 1.165) is 12.5 Å². The first-order valence-electron chi connectivity index (χ1n) is 5.43. The normalized spacial score (nSPS) is 12.3. The molecule has 0 bridgehead atoms. The molecule has 0 saturated heterocycles. The fourth-order valence-corrected chi connectivity index (χ4v) is 2.02. The molecule has 0 heterocycles. The number of rotatable bonds is 7. The minimum Gasteiger partial charge on any atom is -0.313 e. The van der Waals surface area contributed by atoms with Crippen LogP contribution in [-0.2, 0) is 17.3 Å². The fourth-order valence-electron chi connectivity index (χ4n) is 1.47. The minimum atomic E-state index is -0.816. The first-order chi connectivity index (χ1) is 8.49. The molecule has 1 unspecified atom stereocenters. The minimum absolute atomic E-state index is 0.249. The zero-order valence-electron chi connectivity index (χ0n) is 10.0. The first kappa shape index (κ1) is 14.7. The van der Waals surface area contributed by atoms with Crippen LogP contribution in [0.15, 0.2) is 18.2 Å². The molecule has 7 heteroatoms. The third-order valence-corrected chi connectivity index (χ3v) is 3.13. The molecule has 1 N–H and O–H groups in total. The third-order valence-electron chi connectivity index (χ3n) is 2.27. The van der Waals surface area contributed by atoms with Crippen molar-refractivity contribution in [2.45, 2.75) is 13.0 Å². The molecular formula is C11H15FN2O3S. The van der Waals surface area contributed by atoms with Gasteiger partial charge in [0.1, 0.15) is 5.82 Å². The van der Waals surface area contributed by atoms with Crippen LogP contribution in [0.3, 0.4) is 0 Å². The van der Waals surface area contributed by atoms with Crippen LogP contribution in [-0.4, -0.2) is 27.7 Å². The molecule has 100 valence electrons. The number of nitrogens with zero attached hydrogens (tertiary/aromatic N) is 1. The average Bonchev–Trinajstić information content (AvgIpc) is 2.27. The lowest BCUT2D eigenvalue weighted by molar-refractivity contribution is -0.385. The predicted octanol–water partition coefficient (Wildman–Crippen LogP) is 1.59. The molecule has 1 aromatic rings. The summed E-state index contributed by atoms with van der Waals surface area (Å²) in [6.45, 7) is 0.999. The molecule has 0 aliphatic carbocycles. The zero-order valence-corrected chi connectivity index (χ0v) is 10.8. The van der Waals surface area contributed by atoms with Gasteiger partial charge in [-0.3, -0.25) is 14.3 Å². The van der Waals surface area contributed by atoms with E-state index in [0.29, 0.717) is 24.4 Å². The third kappa shape index (κ3) is 5.33. The Balaban J connectivity index is 2.47. The Hall–Kier alpha value is -1.34. The first-order valence-corrected chi connectivity index (χ1v) is 7.16. The van der Waals surface area contributed by atoms with Crippen LogP contribution in [0.1, 0.15) is 12.0 Å². The van der Waals surface area contributed by atoms with Crippen LogP contribution in [0.25, 0.3) is 0 Å². The molecule has 1 atom stereocenters. The van der Waals surface area contributed by atoms with Gasteiger partial charge in [-0.15, -0.1) is 0 Å². The van der Waals surface area contributed by atoms with Crippen molar-refractivity contribution >= 4 is 16.5 Å². The van der Waals surface area contributed by atoms with Crippen LogP contribution in [0.5, 0.6) is 0 Å². The summed E-state index contributed by atoms with van der Waals surface area (Å²) in [7, 11) is -0.816. The molecule has 0 amide bonds. The standard InChI is InChI=1S/C11H15FN2O3S/c1-18(17)4-2-3-13-8-9-5-10(12)7-11(6-9)14(15)16/h5-7,13H,2-4,8H2,1H3. The van der Waals surface area contributed by atoms with Crippen LogP contribution >= 0.6 is 0 Å². The summed E-state index contributed by atoms with van der Waals surface area (Å²) in [4.78, 5) is 9.92. The van der Waals surface area contributed by atoms with E-state index in [1.54, 1.807) is 6.26 Å². The number of halogens is 1. The highest BCUT2D eigenvalue weighted by Crippen LogP contribution is 2.16. The van der Waals surface area contributed by atoms with E-state index in [1.165, 1.54) is 12.1 Å². The Morgan fingerprint density at radius 1 is 1.44 bits per heavy atom. The maximum absolute atomic E-state index is 13.1. The second-order valence-electron chi connectivity index (χ2n) is 3.88. The van der Waals surface area contributed by atoms with Gasteiger partial charge in [0.2, 0.25) is 0 Å². The van der Waals surface area contributed by atoms with Crippen LogP contribution < -0.4 is 5.32 Å². The highest BCUT2D eigenvalue weighted by Gasteiger charge is 2.09. The second-order valence-corrected chi connectivity index (χ2v) is 5.44. The lowest BCUT2D eigenvalue weighted by Gasteiger charge is -2.04. The van der Waals surface area contributed by atoms with Gasteiger partial charge >= 0.3 is 0 Å². The maximum atomic E-state index is 13.1. The number of hydrogen-bond acceptors (Lipinski definition) is 4. The van der Waals surface area contributed by atoms with Gasteiger partial charge in [0.15, 0.2) is 0 Å². The molecule has 0 fully saturated rings. The van der Waals surface area contributed by atoms with Crippen molar-refractivity contribution in [3.05, 3.63) is 39.7 Å². The molecule has 5 nitrogen and oxygen atoms in total. The summed E-state index contributed by atoms with van der Waals surface area (Å²) in [6, 6.07) is 3.50. The molecule has 0 saturated carbocycles. The zero-order chi connectivity index (χ0) is 13.5. The van der Waals surface area contributed by atoms with Crippen LogP contribution in [0.4, 0.5) is 10.1 Å². The van der Waals surface area contributed by atoms with Gasteiger partial charge in [0.05, 0.1) is 11.0 Å². The molecule has 0 aliphatic rings. The average molecular weight is 274 g/mol. The number of benzene rings is 1. The van der Waals surface area contributed by atoms with E-state index < -0.39 is 21.5 Å². The van der Waals surface area contributed by atoms with E-state index in [1.807, 2.05) is 0 Å². The number of hydrogen-bond donors (Lipinski definition) is 1. The summed E-state index contributed by atoms with van der Waals surface area (Å²) in [6.07, 6.45) is 2.39. The van der Waals surface area contributed by atoms with Gasteiger partial charge in [-0.25, -0.2) is 4.39 Å². The van der Waals surface area contributed by atoms with Crippen molar-refractivity contribution in [3.8, 4) is 0 Å². The predicted molar refractivity (Wildman–Crippen MR) is 68.3 cm³/mol.